The van der Waals surface area contributed by atoms with E-state index in [4.69, 9.17) is 0 Å². The predicted octanol–water partition coefficient (Wildman–Crippen LogP) is 2.69. The van der Waals surface area contributed by atoms with Crippen LogP contribution in [-0.2, 0) is 18.3 Å². The monoisotopic (exact) mass is 438 g/mol. The topological polar surface area (TPSA) is 92.2 Å². The van der Waals surface area contributed by atoms with Crippen LogP contribution in [0, 0.1) is 5.41 Å². The Kier molecular flexibility index (Phi) is 6.23. The van der Waals surface area contributed by atoms with Crippen LogP contribution in [0.1, 0.15) is 30.7 Å². The predicted molar refractivity (Wildman–Crippen MR) is 107 cm³/mol. The summed E-state index contributed by atoms with van der Waals surface area (Å²) in [6.45, 7) is 1.13. The molecular formula is C20H25F3N6O2. The van der Waals surface area contributed by atoms with Crippen molar-refractivity contribution in [2.75, 3.05) is 25.5 Å². The third-order valence-electron chi connectivity index (χ3n) is 5.76. The Morgan fingerprint density at radius 1 is 1.32 bits per heavy atom. The van der Waals surface area contributed by atoms with Gasteiger partial charge in [-0.3, -0.25) is 4.79 Å². The number of rotatable bonds is 5. The number of halogens is 3. The Labute approximate surface area is 177 Å². The number of anilines is 1. The van der Waals surface area contributed by atoms with Gasteiger partial charge in [0.05, 0.1) is 0 Å². The van der Waals surface area contributed by atoms with E-state index < -0.39 is 36.5 Å². The summed E-state index contributed by atoms with van der Waals surface area (Å²) in [6.07, 6.45) is -2.97. The van der Waals surface area contributed by atoms with Gasteiger partial charge in [-0.15, -0.1) is 10.2 Å². The van der Waals surface area contributed by atoms with Gasteiger partial charge in [0.15, 0.2) is 5.41 Å². The standard InChI is InChI=1S/C20H25F3N6O2/c1-13(9-16-27-25-12-28(16)3)14-5-4-6-15(10-14)26-18(31)29-8-7-19(11-29,17(30)24-2)20(21,22)23/h4-6,10,12-13H,7-9,11H2,1-3H3,(H,24,30)(H,26,31)/t13-,19?/m1/s1. The van der Waals surface area contributed by atoms with Gasteiger partial charge in [-0.1, -0.05) is 19.1 Å². The molecule has 1 saturated heterocycles. The fourth-order valence-electron chi connectivity index (χ4n) is 3.78. The first-order valence-electron chi connectivity index (χ1n) is 9.85. The number of aromatic nitrogens is 3. The fraction of sp³-hybridized carbons (Fsp3) is 0.500. The van der Waals surface area contributed by atoms with Gasteiger partial charge in [-0.25, -0.2) is 4.79 Å². The summed E-state index contributed by atoms with van der Waals surface area (Å²) >= 11 is 0. The van der Waals surface area contributed by atoms with E-state index in [1.54, 1.807) is 24.5 Å². The number of benzene rings is 1. The van der Waals surface area contributed by atoms with Crippen LogP contribution in [0.3, 0.4) is 0 Å². The highest BCUT2D eigenvalue weighted by molar-refractivity contribution is 5.91. The lowest BCUT2D eigenvalue weighted by molar-refractivity contribution is -0.217. The van der Waals surface area contributed by atoms with Crippen LogP contribution in [0.5, 0.6) is 0 Å². The SMILES string of the molecule is CNC(=O)C1(C(F)(F)F)CCN(C(=O)Nc2cccc([C@H](C)Cc3nncn3C)c2)C1. The Bertz CT molecular complexity index is 960. The van der Waals surface area contributed by atoms with Crippen LogP contribution < -0.4 is 10.6 Å². The number of nitrogens with one attached hydrogen (secondary N) is 2. The molecule has 1 aliphatic rings. The minimum absolute atomic E-state index is 0.0812. The molecular weight excluding hydrogens is 413 g/mol. The summed E-state index contributed by atoms with van der Waals surface area (Å²) in [5.41, 5.74) is -1.18. The van der Waals surface area contributed by atoms with Crippen molar-refractivity contribution in [2.45, 2.75) is 31.9 Å². The number of aryl methyl sites for hydroxylation is 1. The van der Waals surface area contributed by atoms with E-state index in [2.05, 4.69) is 20.8 Å². The van der Waals surface area contributed by atoms with Crippen molar-refractivity contribution in [1.29, 1.82) is 0 Å². The number of urea groups is 1. The van der Waals surface area contributed by atoms with Crippen molar-refractivity contribution in [3.8, 4) is 0 Å². The highest BCUT2D eigenvalue weighted by Crippen LogP contribution is 2.45. The molecule has 0 aliphatic carbocycles. The zero-order valence-corrected chi connectivity index (χ0v) is 17.5. The minimum atomic E-state index is -4.75. The van der Waals surface area contributed by atoms with Gasteiger partial charge in [-0.05, 0) is 30.0 Å². The molecule has 3 rings (SSSR count). The molecule has 8 nitrogen and oxygen atoms in total. The van der Waals surface area contributed by atoms with E-state index >= 15 is 0 Å². The Morgan fingerprint density at radius 2 is 2.06 bits per heavy atom. The average Bonchev–Trinajstić information content (AvgIpc) is 3.35. The molecule has 1 aromatic heterocycles. The summed E-state index contributed by atoms with van der Waals surface area (Å²) in [5.74, 6) is -0.232. The van der Waals surface area contributed by atoms with Crippen LogP contribution >= 0.6 is 0 Å². The maximum Gasteiger partial charge on any atom is 0.404 e. The second kappa shape index (κ2) is 8.56. The molecule has 3 amide bonds. The molecule has 2 atom stereocenters. The van der Waals surface area contributed by atoms with Crippen molar-refractivity contribution in [2.24, 2.45) is 12.5 Å². The van der Waals surface area contributed by atoms with Crippen LogP contribution in [0.15, 0.2) is 30.6 Å². The van der Waals surface area contributed by atoms with Gasteiger partial charge in [0.2, 0.25) is 5.91 Å². The first-order valence-corrected chi connectivity index (χ1v) is 9.85. The smallest absolute Gasteiger partial charge is 0.358 e. The van der Waals surface area contributed by atoms with E-state index in [0.29, 0.717) is 12.1 Å². The molecule has 0 saturated carbocycles. The molecule has 1 aliphatic heterocycles. The van der Waals surface area contributed by atoms with Crippen LogP contribution in [0.2, 0.25) is 0 Å². The highest BCUT2D eigenvalue weighted by atomic mass is 19.4. The molecule has 0 spiro atoms. The van der Waals surface area contributed by atoms with Crippen molar-refractivity contribution >= 4 is 17.6 Å². The van der Waals surface area contributed by atoms with Gasteiger partial charge in [0.1, 0.15) is 12.2 Å². The van der Waals surface area contributed by atoms with Crippen LogP contribution in [-0.4, -0.2) is 57.9 Å². The van der Waals surface area contributed by atoms with Gasteiger partial charge < -0.3 is 20.1 Å². The fourth-order valence-corrected chi connectivity index (χ4v) is 3.78. The van der Waals surface area contributed by atoms with E-state index in [1.807, 2.05) is 24.6 Å². The minimum Gasteiger partial charge on any atom is -0.358 e. The summed E-state index contributed by atoms with van der Waals surface area (Å²) in [7, 11) is 3.01. The molecule has 2 N–H and O–H groups in total. The summed E-state index contributed by atoms with van der Waals surface area (Å²) in [4.78, 5) is 25.6. The quantitative estimate of drug-likeness (QED) is 0.751. The first-order chi connectivity index (χ1) is 14.6. The zero-order valence-electron chi connectivity index (χ0n) is 17.5. The van der Waals surface area contributed by atoms with Gasteiger partial charge in [0, 0.05) is 39.3 Å². The maximum absolute atomic E-state index is 13.6. The van der Waals surface area contributed by atoms with E-state index in [9.17, 15) is 22.8 Å². The number of alkyl halides is 3. The Balaban J connectivity index is 1.69. The lowest BCUT2D eigenvalue weighted by Gasteiger charge is -2.29. The number of hydrogen-bond acceptors (Lipinski definition) is 4. The zero-order chi connectivity index (χ0) is 22.8. The second-order valence-corrected chi connectivity index (χ2v) is 7.85. The number of hydrogen-bond donors (Lipinski definition) is 2. The molecule has 168 valence electrons. The summed E-state index contributed by atoms with van der Waals surface area (Å²) < 4.78 is 42.7. The molecule has 2 heterocycles. The van der Waals surface area contributed by atoms with E-state index in [-0.39, 0.29) is 12.5 Å². The lowest BCUT2D eigenvalue weighted by atomic mass is 9.85. The van der Waals surface area contributed by atoms with E-state index in [1.165, 1.54) is 0 Å². The summed E-state index contributed by atoms with van der Waals surface area (Å²) in [5, 5.41) is 12.7. The average molecular weight is 438 g/mol. The van der Waals surface area contributed by atoms with Crippen molar-refractivity contribution in [1.82, 2.24) is 25.0 Å². The van der Waals surface area contributed by atoms with Gasteiger partial charge in [-0.2, -0.15) is 13.2 Å². The number of carbonyl (C=O) groups excluding carboxylic acids is 2. The summed E-state index contributed by atoms with van der Waals surface area (Å²) in [6, 6.07) is 6.46. The van der Waals surface area contributed by atoms with Crippen molar-refractivity contribution < 1.29 is 22.8 Å². The third-order valence-corrected chi connectivity index (χ3v) is 5.76. The lowest BCUT2D eigenvalue weighted by Crippen LogP contribution is -2.52. The number of nitrogens with zero attached hydrogens (tertiary/aromatic N) is 4. The van der Waals surface area contributed by atoms with Gasteiger partial charge in [0.25, 0.3) is 0 Å². The van der Waals surface area contributed by atoms with Gasteiger partial charge >= 0.3 is 12.2 Å². The third kappa shape index (κ3) is 4.49. The van der Waals surface area contributed by atoms with Crippen LogP contribution in [0.4, 0.5) is 23.7 Å². The molecule has 0 bridgehead atoms. The molecule has 2 aromatic rings. The van der Waals surface area contributed by atoms with Crippen molar-refractivity contribution in [3.05, 3.63) is 42.0 Å². The maximum atomic E-state index is 13.6. The molecule has 0 radical (unpaired) electrons. The number of amides is 3. The van der Waals surface area contributed by atoms with Crippen molar-refractivity contribution in [3.63, 3.8) is 0 Å². The highest BCUT2D eigenvalue weighted by Gasteiger charge is 2.63. The molecule has 1 fully saturated rings. The molecule has 31 heavy (non-hydrogen) atoms. The Hall–Kier alpha value is -3.11. The van der Waals surface area contributed by atoms with E-state index in [0.717, 1.165) is 23.3 Å². The molecule has 1 aromatic carbocycles. The first kappa shape index (κ1) is 22.6. The number of carbonyl (C=O) groups is 2. The van der Waals surface area contributed by atoms with Crippen LogP contribution in [0.25, 0.3) is 0 Å². The Morgan fingerprint density at radius 3 is 2.68 bits per heavy atom. The number of likely N-dealkylation sites (tertiary alicyclic amines) is 1. The normalized spacial score (nSPS) is 19.9. The molecule has 1 unspecified atom stereocenters. The largest absolute Gasteiger partial charge is 0.404 e. The second-order valence-electron chi connectivity index (χ2n) is 7.85. The molecule has 11 heteroatoms.